The van der Waals surface area contributed by atoms with E-state index < -0.39 is 6.09 Å². The van der Waals surface area contributed by atoms with Crippen molar-refractivity contribution >= 4 is 17.5 Å². The van der Waals surface area contributed by atoms with Crippen LogP contribution >= 0.6 is 0 Å². The Balaban J connectivity index is 2.57. The smallest absolute Gasteiger partial charge is 0.411 e. The quantitative estimate of drug-likeness (QED) is 0.813. The molecule has 0 aromatic heterocycles. The first kappa shape index (κ1) is 14.3. The van der Waals surface area contributed by atoms with Crippen molar-refractivity contribution in [3.8, 4) is 0 Å². The fourth-order valence-corrected chi connectivity index (χ4v) is 1.64. The summed E-state index contributed by atoms with van der Waals surface area (Å²) in [6.07, 6.45) is -0.556. The van der Waals surface area contributed by atoms with Crippen molar-refractivity contribution in [2.24, 2.45) is 0 Å². The van der Waals surface area contributed by atoms with E-state index in [9.17, 15) is 4.79 Å². The van der Waals surface area contributed by atoms with Crippen LogP contribution in [-0.2, 0) is 4.74 Å². The van der Waals surface area contributed by atoms with Gasteiger partial charge in [0.05, 0.1) is 6.61 Å². The maximum absolute atomic E-state index is 11.2. The van der Waals surface area contributed by atoms with E-state index in [1.165, 1.54) is 0 Å². The number of amides is 1. The minimum Gasteiger partial charge on any atom is -0.447 e. The molecule has 0 radical (unpaired) electrons. The van der Waals surface area contributed by atoms with Crippen molar-refractivity contribution in [3.63, 3.8) is 0 Å². The van der Waals surface area contributed by atoms with Crippen LogP contribution in [0.25, 0.3) is 0 Å². The lowest BCUT2D eigenvalue weighted by atomic mass is 10.2. The van der Waals surface area contributed by atoms with Gasteiger partial charge in [-0.05, 0) is 38.1 Å². The highest BCUT2D eigenvalue weighted by atomic mass is 16.6. The first-order valence-electron chi connectivity index (χ1n) is 6.10. The predicted molar refractivity (Wildman–Crippen MR) is 72.1 cm³/mol. The summed E-state index contributed by atoms with van der Waals surface area (Å²) in [7, 11) is 0. The standard InChI is InChI=1S/C13H20N2O3/c1-3-15(4-2)12-7-5-11(6-8-12)14-13(17)18-10-9-16/h5-8,16H,3-4,9-10H2,1-2H3,(H,14,17). The van der Waals surface area contributed by atoms with Crippen LogP contribution in [0, 0.1) is 0 Å². The number of carbonyl (C=O) groups is 1. The Bertz CT molecular complexity index is 361. The van der Waals surface area contributed by atoms with Crippen molar-refractivity contribution < 1.29 is 14.6 Å². The van der Waals surface area contributed by atoms with Crippen LogP contribution in [-0.4, -0.2) is 37.5 Å². The number of anilines is 2. The van der Waals surface area contributed by atoms with Crippen LogP contribution in [0.5, 0.6) is 0 Å². The van der Waals surface area contributed by atoms with Gasteiger partial charge in [0.1, 0.15) is 6.61 Å². The second kappa shape index (κ2) is 7.55. The lowest BCUT2D eigenvalue weighted by Gasteiger charge is -2.21. The number of carbonyl (C=O) groups excluding carboxylic acids is 1. The number of hydrogen-bond donors (Lipinski definition) is 2. The Morgan fingerprint density at radius 2 is 1.89 bits per heavy atom. The Kier molecular flexibility index (Phi) is 6.00. The lowest BCUT2D eigenvalue weighted by molar-refractivity contribution is 0.131. The summed E-state index contributed by atoms with van der Waals surface area (Å²) in [5.41, 5.74) is 1.79. The molecule has 5 nitrogen and oxygen atoms in total. The maximum atomic E-state index is 11.2. The van der Waals surface area contributed by atoms with E-state index in [0.29, 0.717) is 5.69 Å². The fraction of sp³-hybridized carbons (Fsp3) is 0.462. The third-order valence-electron chi connectivity index (χ3n) is 2.57. The molecule has 5 heteroatoms. The molecule has 1 amide bonds. The zero-order valence-electron chi connectivity index (χ0n) is 10.8. The highest BCUT2D eigenvalue weighted by Gasteiger charge is 2.04. The van der Waals surface area contributed by atoms with Crippen LogP contribution in [0.3, 0.4) is 0 Å². The van der Waals surface area contributed by atoms with E-state index >= 15 is 0 Å². The molecule has 18 heavy (non-hydrogen) atoms. The summed E-state index contributed by atoms with van der Waals surface area (Å²) < 4.78 is 4.70. The largest absolute Gasteiger partial charge is 0.447 e. The average Bonchev–Trinajstić information content (AvgIpc) is 2.40. The topological polar surface area (TPSA) is 61.8 Å². The molecule has 0 unspecified atom stereocenters. The number of nitrogens with one attached hydrogen (secondary N) is 1. The predicted octanol–water partition coefficient (Wildman–Crippen LogP) is 2.07. The van der Waals surface area contributed by atoms with Crippen molar-refractivity contribution in [3.05, 3.63) is 24.3 Å². The number of hydrogen-bond acceptors (Lipinski definition) is 4. The molecule has 0 heterocycles. The summed E-state index contributed by atoms with van der Waals surface area (Å²) >= 11 is 0. The van der Waals surface area contributed by atoms with E-state index in [-0.39, 0.29) is 13.2 Å². The lowest BCUT2D eigenvalue weighted by Crippen LogP contribution is -2.21. The van der Waals surface area contributed by atoms with E-state index in [0.717, 1.165) is 18.8 Å². The second-order valence-electron chi connectivity index (χ2n) is 3.70. The summed E-state index contributed by atoms with van der Waals surface area (Å²) in [6, 6.07) is 7.56. The third-order valence-corrected chi connectivity index (χ3v) is 2.57. The molecule has 0 saturated carbocycles. The van der Waals surface area contributed by atoms with Gasteiger partial charge in [0.15, 0.2) is 0 Å². The molecular formula is C13H20N2O3. The number of aliphatic hydroxyl groups is 1. The van der Waals surface area contributed by atoms with Crippen molar-refractivity contribution in [1.82, 2.24) is 0 Å². The van der Waals surface area contributed by atoms with Crippen LogP contribution in [0.2, 0.25) is 0 Å². The van der Waals surface area contributed by atoms with Crippen molar-refractivity contribution in [2.45, 2.75) is 13.8 Å². The normalized spacial score (nSPS) is 9.94. The van der Waals surface area contributed by atoms with Crippen molar-refractivity contribution in [1.29, 1.82) is 0 Å². The zero-order chi connectivity index (χ0) is 13.4. The Hall–Kier alpha value is -1.75. The first-order valence-corrected chi connectivity index (χ1v) is 6.10. The van der Waals surface area contributed by atoms with E-state index in [2.05, 4.69) is 24.1 Å². The van der Waals surface area contributed by atoms with Gasteiger partial charge in [-0.25, -0.2) is 4.79 Å². The molecule has 0 aliphatic heterocycles. The van der Waals surface area contributed by atoms with Gasteiger partial charge in [-0.2, -0.15) is 0 Å². The number of rotatable bonds is 6. The van der Waals surface area contributed by atoms with E-state index in [4.69, 9.17) is 9.84 Å². The molecule has 0 fully saturated rings. The monoisotopic (exact) mass is 252 g/mol. The number of ether oxygens (including phenoxy) is 1. The van der Waals surface area contributed by atoms with Crippen molar-refractivity contribution in [2.75, 3.05) is 36.5 Å². The fourth-order valence-electron chi connectivity index (χ4n) is 1.64. The van der Waals surface area contributed by atoms with Gasteiger partial charge in [0.25, 0.3) is 0 Å². The van der Waals surface area contributed by atoms with Crippen LogP contribution < -0.4 is 10.2 Å². The van der Waals surface area contributed by atoms with E-state index in [1.54, 1.807) is 0 Å². The second-order valence-corrected chi connectivity index (χ2v) is 3.70. The molecule has 0 spiro atoms. The molecule has 0 atom stereocenters. The zero-order valence-corrected chi connectivity index (χ0v) is 10.8. The first-order chi connectivity index (χ1) is 8.71. The Labute approximate surface area is 107 Å². The number of nitrogens with zero attached hydrogens (tertiary/aromatic N) is 1. The Morgan fingerprint density at radius 3 is 2.39 bits per heavy atom. The molecule has 100 valence electrons. The van der Waals surface area contributed by atoms with Gasteiger partial charge < -0.3 is 14.7 Å². The highest BCUT2D eigenvalue weighted by molar-refractivity contribution is 5.84. The Morgan fingerprint density at radius 1 is 1.28 bits per heavy atom. The molecule has 0 aliphatic rings. The summed E-state index contributed by atoms with van der Waals surface area (Å²) in [4.78, 5) is 13.5. The van der Waals surface area contributed by atoms with Gasteiger partial charge in [-0.15, -0.1) is 0 Å². The molecule has 2 N–H and O–H groups in total. The van der Waals surface area contributed by atoms with Gasteiger partial charge >= 0.3 is 6.09 Å². The van der Waals surface area contributed by atoms with Crippen LogP contribution in [0.4, 0.5) is 16.2 Å². The average molecular weight is 252 g/mol. The molecular weight excluding hydrogens is 232 g/mol. The summed E-state index contributed by atoms with van der Waals surface area (Å²) in [6.45, 7) is 5.92. The van der Waals surface area contributed by atoms with Crippen LogP contribution in [0.1, 0.15) is 13.8 Å². The number of benzene rings is 1. The maximum Gasteiger partial charge on any atom is 0.411 e. The molecule has 0 saturated heterocycles. The minimum absolute atomic E-state index is 0.00334. The highest BCUT2D eigenvalue weighted by Crippen LogP contribution is 2.17. The SMILES string of the molecule is CCN(CC)c1ccc(NC(=O)OCCO)cc1. The van der Waals surface area contributed by atoms with Gasteiger partial charge in [-0.3, -0.25) is 5.32 Å². The van der Waals surface area contributed by atoms with E-state index in [1.807, 2.05) is 24.3 Å². The van der Waals surface area contributed by atoms with Crippen LogP contribution in [0.15, 0.2) is 24.3 Å². The molecule has 1 rings (SSSR count). The summed E-state index contributed by atoms with van der Waals surface area (Å²) in [5, 5.41) is 11.1. The van der Waals surface area contributed by atoms with Gasteiger partial charge in [0.2, 0.25) is 0 Å². The van der Waals surface area contributed by atoms with Gasteiger partial charge in [-0.1, -0.05) is 0 Å². The summed E-state index contributed by atoms with van der Waals surface area (Å²) in [5.74, 6) is 0. The van der Waals surface area contributed by atoms with Gasteiger partial charge in [0, 0.05) is 24.5 Å². The molecule has 0 bridgehead atoms. The number of aliphatic hydroxyl groups excluding tert-OH is 1. The molecule has 1 aromatic rings. The third kappa shape index (κ3) is 4.25. The minimum atomic E-state index is -0.556. The molecule has 1 aromatic carbocycles. The molecule has 0 aliphatic carbocycles.